The van der Waals surface area contributed by atoms with Crippen molar-refractivity contribution in [2.75, 3.05) is 12.3 Å². The first-order chi connectivity index (χ1) is 11.3. The second-order valence-electron chi connectivity index (χ2n) is 5.30. The Morgan fingerprint density at radius 3 is 2.57 bits per heavy atom. The highest BCUT2D eigenvalue weighted by molar-refractivity contribution is 5.90. The number of nitrogens with zero attached hydrogens (tertiary/aromatic N) is 3. The van der Waals surface area contributed by atoms with E-state index in [1.165, 1.54) is 0 Å². The van der Waals surface area contributed by atoms with E-state index in [0.717, 1.165) is 27.5 Å². The minimum absolute atomic E-state index is 0.563. The number of benzene rings is 3. The Hall–Kier alpha value is -3.08. The number of aromatic nitrogens is 3. The molecule has 0 amide bonds. The van der Waals surface area contributed by atoms with E-state index in [-0.39, 0.29) is 0 Å². The third-order valence-corrected chi connectivity index (χ3v) is 3.79. The van der Waals surface area contributed by atoms with Gasteiger partial charge in [-0.1, -0.05) is 36.4 Å². The summed E-state index contributed by atoms with van der Waals surface area (Å²) < 4.78 is 5.53. The second kappa shape index (κ2) is 5.28. The number of hydrogen-bond donors (Lipinski definition) is 1. The zero-order chi connectivity index (χ0) is 15.8. The van der Waals surface area contributed by atoms with Crippen molar-refractivity contribution in [3.05, 3.63) is 54.6 Å². The summed E-state index contributed by atoms with van der Waals surface area (Å²) in [4.78, 5) is 1.65. The third-order valence-electron chi connectivity index (χ3n) is 3.79. The van der Waals surface area contributed by atoms with E-state index >= 15 is 0 Å². The minimum Gasteiger partial charge on any atom is -0.492 e. The fourth-order valence-electron chi connectivity index (χ4n) is 2.73. The van der Waals surface area contributed by atoms with Crippen LogP contribution in [0.3, 0.4) is 0 Å². The molecule has 0 unspecified atom stereocenters. The van der Waals surface area contributed by atoms with Gasteiger partial charge in [-0.2, -0.15) is 0 Å². The lowest BCUT2D eigenvalue weighted by molar-refractivity contribution is 0.342. The van der Waals surface area contributed by atoms with Gasteiger partial charge in [-0.15, -0.1) is 15.0 Å². The first-order valence-electron chi connectivity index (χ1n) is 7.54. The van der Waals surface area contributed by atoms with E-state index in [4.69, 9.17) is 10.5 Å². The molecule has 0 spiro atoms. The molecule has 1 aromatic heterocycles. The summed E-state index contributed by atoms with van der Waals surface area (Å²) in [5.41, 5.74) is 9.03. The molecule has 0 bridgehead atoms. The molecule has 5 heteroatoms. The topological polar surface area (TPSA) is 66.0 Å². The van der Waals surface area contributed by atoms with Gasteiger partial charge in [0.15, 0.2) is 0 Å². The third kappa shape index (κ3) is 2.26. The normalized spacial score (nSPS) is 11.2. The van der Waals surface area contributed by atoms with Gasteiger partial charge in [0.05, 0.1) is 18.0 Å². The van der Waals surface area contributed by atoms with E-state index in [2.05, 4.69) is 28.4 Å². The van der Waals surface area contributed by atoms with Crippen molar-refractivity contribution in [1.82, 2.24) is 15.0 Å². The number of nitrogens with two attached hydrogens (primary N) is 1. The summed E-state index contributed by atoms with van der Waals surface area (Å²) in [6.07, 6.45) is 0. The summed E-state index contributed by atoms with van der Waals surface area (Å²) in [5.74, 6) is 0.643. The van der Waals surface area contributed by atoms with Gasteiger partial charge >= 0.3 is 0 Å². The SMILES string of the molecule is CCOc1cc2nn(-c3cccc4ccccc34)nc2cc1N. The van der Waals surface area contributed by atoms with E-state index in [1.54, 1.807) is 10.9 Å². The highest BCUT2D eigenvalue weighted by Gasteiger charge is 2.11. The molecule has 0 aliphatic rings. The highest BCUT2D eigenvalue weighted by atomic mass is 16.5. The molecule has 1 heterocycles. The van der Waals surface area contributed by atoms with Crippen LogP contribution in [0.2, 0.25) is 0 Å². The zero-order valence-corrected chi connectivity index (χ0v) is 12.7. The van der Waals surface area contributed by atoms with Crippen molar-refractivity contribution in [3.63, 3.8) is 0 Å². The van der Waals surface area contributed by atoms with Crippen LogP contribution in [0, 0.1) is 0 Å². The largest absolute Gasteiger partial charge is 0.492 e. The van der Waals surface area contributed by atoms with Crippen LogP contribution in [0.5, 0.6) is 5.75 Å². The quantitative estimate of drug-likeness (QED) is 0.588. The van der Waals surface area contributed by atoms with E-state index in [1.807, 2.05) is 37.3 Å². The van der Waals surface area contributed by atoms with Crippen LogP contribution >= 0.6 is 0 Å². The molecule has 0 radical (unpaired) electrons. The van der Waals surface area contributed by atoms with Crippen LogP contribution in [0.4, 0.5) is 5.69 Å². The van der Waals surface area contributed by atoms with Crippen molar-refractivity contribution in [2.45, 2.75) is 6.92 Å². The minimum atomic E-state index is 0.563. The van der Waals surface area contributed by atoms with Crippen LogP contribution in [0.25, 0.3) is 27.5 Å². The number of nitrogen functional groups attached to an aromatic ring is 1. The molecule has 4 rings (SSSR count). The maximum Gasteiger partial charge on any atom is 0.144 e. The molecule has 0 saturated heterocycles. The maximum absolute atomic E-state index is 6.01. The predicted octanol–water partition coefficient (Wildman–Crippen LogP) is 3.55. The number of anilines is 1. The molecule has 23 heavy (non-hydrogen) atoms. The molecule has 0 aliphatic heterocycles. The molecule has 2 N–H and O–H groups in total. The van der Waals surface area contributed by atoms with Gasteiger partial charge < -0.3 is 10.5 Å². The second-order valence-corrected chi connectivity index (χ2v) is 5.30. The van der Waals surface area contributed by atoms with Crippen molar-refractivity contribution >= 4 is 27.5 Å². The molecule has 0 saturated carbocycles. The van der Waals surface area contributed by atoms with E-state index in [9.17, 15) is 0 Å². The zero-order valence-electron chi connectivity index (χ0n) is 12.7. The van der Waals surface area contributed by atoms with Gasteiger partial charge in [-0.05, 0) is 24.4 Å². The van der Waals surface area contributed by atoms with Crippen LogP contribution in [0.1, 0.15) is 6.92 Å². The van der Waals surface area contributed by atoms with E-state index < -0.39 is 0 Å². The molecule has 114 valence electrons. The monoisotopic (exact) mass is 304 g/mol. The van der Waals surface area contributed by atoms with E-state index in [0.29, 0.717) is 18.0 Å². The van der Waals surface area contributed by atoms with Gasteiger partial charge in [0.1, 0.15) is 16.8 Å². The Morgan fingerprint density at radius 2 is 1.74 bits per heavy atom. The average molecular weight is 304 g/mol. The molecule has 0 atom stereocenters. The van der Waals surface area contributed by atoms with Crippen LogP contribution in [-0.4, -0.2) is 21.6 Å². The van der Waals surface area contributed by atoms with Crippen LogP contribution in [-0.2, 0) is 0 Å². The van der Waals surface area contributed by atoms with Gasteiger partial charge in [-0.3, -0.25) is 0 Å². The number of ether oxygens (including phenoxy) is 1. The Labute approximate surface area is 133 Å². The molecule has 0 fully saturated rings. The smallest absolute Gasteiger partial charge is 0.144 e. The molecule has 3 aromatic carbocycles. The van der Waals surface area contributed by atoms with Crippen molar-refractivity contribution in [1.29, 1.82) is 0 Å². The first-order valence-corrected chi connectivity index (χ1v) is 7.54. The predicted molar refractivity (Wildman–Crippen MR) is 92.0 cm³/mol. The first kappa shape index (κ1) is 13.6. The summed E-state index contributed by atoms with van der Waals surface area (Å²) in [5, 5.41) is 11.4. The molecule has 4 aromatic rings. The van der Waals surface area contributed by atoms with Gasteiger partial charge in [0.2, 0.25) is 0 Å². The summed E-state index contributed by atoms with van der Waals surface area (Å²) in [6, 6.07) is 17.9. The maximum atomic E-state index is 6.01. The average Bonchev–Trinajstić information content (AvgIpc) is 2.97. The number of hydrogen-bond acceptors (Lipinski definition) is 4. The van der Waals surface area contributed by atoms with Gasteiger partial charge in [-0.25, -0.2) is 0 Å². The van der Waals surface area contributed by atoms with Crippen molar-refractivity contribution < 1.29 is 4.74 Å². The molecule has 5 nitrogen and oxygen atoms in total. The highest BCUT2D eigenvalue weighted by Crippen LogP contribution is 2.28. The Morgan fingerprint density at radius 1 is 1.00 bits per heavy atom. The van der Waals surface area contributed by atoms with Crippen molar-refractivity contribution in [2.24, 2.45) is 0 Å². The Balaban J connectivity index is 1.91. The summed E-state index contributed by atoms with van der Waals surface area (Å²) >= 11 is 0. The van der Waals surface area contributed by atoms with Crippen LogP contribution in [0.15, 0.2) is 54.6 Å². The standard InChI is InChI=1S/C18H16N4O/c1-2-23-18-11-16-15(10-14(18)19)20-22(21-16)17-9-5-7-12-6-3-4-8-13(12)17/h3-11H,2,19H2,1H3. The Kier molecular flexibility index (Phi) is 3.12. The number of fused-ring (bicyclic) bond motifs is 2. The lowest BCUT2D eigenvalue weighted by atomic mass is 10.1. The fraction of sp³-hybridized carbons (Fsp3) is 0.111. The fourth-order valence-corrected chi connectivity index (χ4v) is 2.73. The van der Waals surface area contributed by atoms with Crippen LogP contribution < -0.4 is 10.5 Å². The number of rotatable bonds is 3. The van der Waals surface area contributed by atoms with Gasteiger partial charge in [0, 0.05) is 11.5 Å². The van der Waals surface area contributed by atoms with Crippen molar-refractivity contribution in [3.8, 4) is 11.4 Å². The molecule has 0 aliphatic carbocycles. The summed E-state index contributed by atoms with van der Waals surface area (Å²) in [7, 11) is 0. The summed E-state index contributed by atoms with van der Waals surface area (Å²) in [6.45, 7) is 2.49. The Bertz CT molecular complexity index is 1000. The molecular formula is C18H16N4O. The van der Waals surface area contributed by atoms with Gasteiger partial charge in [0.25, 0.3) is 0 Å². The molecular weight excluding hydrogens is 288 g/mol. The lowest BCUT2D eigenvalue weighted by Gasteiger charge is -2.04. The lowest BCUT2D eigenvalue weighted by Crippen LogP contribution is -1.99.